The van der Waals surface area contributed by atoms with Crippen LogP contribution in [0.1, 0.15) is 31.4 Å². The Bertz CT molecular complexity index is 349. The summed E-state index contributed by atoms with van der Waals surface area (Å²) in [4.78, 5) is 12.2. The molecule has 0 spiro atoms. The number of amides is 1. The van der Waals surface area contributed by atoms with E-state index < -0.39 is 0 Å². The summed E-state index contributed by atoms with van der Waals surface area (Å²) in [5.74, 6) is 1.07. The third-order valence-electron chi connectivity index (χ3n) is 2.50. The second-order valence-corrected chi connectivity index (χ2v) is 5.15. The molecular formula is C13H20N2OS. The van der Waals surface area contributed by atoms with Gasteiger partial charge in [-0.2, -0.15) is 0 Å². The molecule has 0 radical (unpaired) electrons. The predicted molar refractivity (Wildman–Crippen MR) is 73.1 cm³/mol. The lowest BCUT2D eigenvalue weighted by atomic mass is 10.1. The average molecular weight is 252 g/mol. The second-order valence-electron chi connectivity index (χ2n) is 3.98. The van der Waals surface area contributed by atoms with E-state index in [1.54, 1.807) is 18.8 Å². The van der Waals surface area contributed by atoms with E-state index >= 15 is 0 Å². The van der Waals surface area contributed by atoms with Crippen LogP contribution in [0.2, 0.25) is 0 Å². The van der Waals surface area contributed by atoms with E-state index in [4.69, 9.17) is 5.73 Å². The number of benzene rings is 1. The zero-order valence-electron chi connectivity index (χ0n) is 10.4. The lowest BCUT2D eigenvalue weighted by molar-refractivity contribution is -0.120. The fourth-order valence-electron chi connectivity index (χ4n) is 1.42. The van der Waals surface area contributed by atoms with Crippen LogP contribution >= 0.6 is 11.8 Å². The van der Waals surface area contributed by atoms with Crippen molar-refractivity contribution in [3.05, 3.63) is 29.8 Å². The van der Waals surface area contributed by atoms with Crippen LogP contribution in [0.4, 0.5) is 0 Å². The number of thioether (sulfide) groups is 1. The van der Waals surface area contributed by atoms with Gasteiger partial charge in [-0.25, -0.2) is 0 Å². The van der Waals surface area contributed by atoms with Gasteiger partial charge < -0.3 is 11.1 Å². The van der Waals surface area contributed by atoms with E-state index in [1.165, 1.54) is 4.90 Å². The minimum absolute atomic E-state index is 0.0855. The van der Waals surface area contributed by atoms with Crippen LogP contribution in [0.3, 0.4) is 0 Å². The van der Waals surface area contributed by atoms with Gasteiger partial charge in [0.1, 0.15) is 0 Å². The second kappa shape index (κ2) is 7.35. The van der Waals surface area contributed by atoms with Crippen LogP contribution in [0.25, 0.3) is 0 Å². The summed E-state index contributed by atoms with van der Waals surface area (Å²) in [7, 11) is 1.67. The third kappa shape index (κ3) is 5.24. The molecule has 0 fully saturated rings. The first-order chi connectivity index (χ1) is 8.13. The van der Waals surface area contributed by atoms with Crippen molar-refractivity contribution in [2.75, 3.05) is 12.8 Å². The van der Waals surface area contributed by atoms with Gasteiger partial charge in [-0.1, -0.05) is 12.1 Å². The minimum Gasteiger partial charge on any atom is -0.359 e. The van der Waals surface area contributed by atoms with Crippen LogP contribution < -0.4 is 11.1 Å². The van der Waals surface area contributed by atoms with E-state index in [2.05, 4.69) is 29.6 Å². The molecule has 1 atom stereocenters. The van der Waals surface area contributed by atoms with Gasteiger partial charge >= 0.3 is 0 Å². The van der Waals surface area contributed by atoms with E-state index in [0.29, 0.717) is 6.42 Å². The van der Waals surface area contributed by atoms with Gasteiger partial charge in [0.05, 0.1) is 0 Å². The number of nitrogens with one attached hydrogen (secondary N) is 1. The maximum atomic E-state index is 11.0. The van der Waals surface area contributed by atoms with Crippen molar-refractivity contribution in [2.45, 2.75) is 30.7 Å². The number of carbonyl (C=O) groups is 1. The van der Waals surface area contributed by atoms with Crippen molar-refractivity contribution >= 4 is 17.7 Å². The first-order valence-corrected chi connectivity index (χ1v) is 6.81. The fourth-order valence-corrected chi connectivity index (χ4v) is 2.27. The van der Waals surface area contributed by atoms with E-state index in [-0.39, 0.29) is 11.9 Å². The van der Waals surface area contributed by atoms with Gasteiger partial charge in [-0.15, -0.1) is 11.8 Å². The van der Waals surface area contributed by atoms with Crippen LogP contribution in [-0.4, -0.2) is 18.7 Å². The molecule has 1 aromatic carbocycles. The Morgan fingerprint density at radius 2 is 2.06 bits per heavy atom. The van der Waals surface area contributed by atoms with Gasteiger partial charge in [-0.3, -0.25) is 4.79 Å². The van der Waals surface area contributed by atoms with E-state index in [9.17, 15) is 4.79 Å². The molecule has 0 aliphatic heterocycles. The highest BCUT2D eigenvalue weighted by atomic mass is 32.2. The van der Waals surface area contributed by atoms with Crippen LogP contribution in [-0.2, 0) is 4.79 Å². The monoisotopic (exact) mass is 252 g/mol. The summed E-state index contributed by atoms with van der Waals surface area (Å²) in [6, 6.07) is 8.38. The summed E-state index contributed by atoms with van der Waals surface area (Å²) in [6.45, 7) is 1.98. The Hall–Kier alpha value is -1.00. The molecular weight excluding hydrogens is 232 g/mol. The molecule has 0 aliphatic rings. The van der Waals surface area contributed by atoms with Gasteiger partial charge in [0.15, 0.2) is 0 Å². The highest BCUT2D eigenvalue weighted by Crippen LogP contribution is 2.21. The van der Waals surface area contributed by atoms with Crippen molar-refractivity contribution in [2.24, 2.45) is 5.73 Å². The zero-order chi connectivity index (χ0) is 12.7. The molecule has 0 heterocycles. The molecule has 1 aromatic rings. The fraction of sp³-hybridized carbons (Fsp3) is 0.462. The highest BCUT2D eigenvalue weighted by molar-refractivity contribution is 7.99. The lowest BCUT2D eigenvalue weighted by Crippen LogP contribution is -2.17. The Morgan fingerprint density at radius 1 is 1.41 bits per heavy atom. The van der Waals surface area contributed by atoms with Gasteiger partial charge in [0.25, 0.3) is 0 Å². The standard InChI is InChI=1S/C13H20N2OS/c1-10(14)11-5-7-12(8-6-11)17-9-3-4-13(16)15-2/h5-8,10H,3-4,9,14H2,1-2H3,(H,15,16). The smallest absolute Gasteiger partial charge is 0.219 e. The van der Waals surface area contributed by atoms with Crippen molar-refractivity contribution in [3.8, 4) is 0 Å². The molecule has 3 nitrogen and oxygen atoms in total. The van der Waals surface area contributed by atoms with Crippen LogP contribution in [0.5, 0.6) is 0 Å². The van der Waals surface area contributed by atoms with Crippen LogP contribution in [0.15, 0.2) is 29.2 Å². The van der Waals surface area contributed by atoms with Gasteiger partial charge in [0, 0.05) is 24.4 Å². The Morgan fingerprint density at radius 3 is 2.59 bits per heavy atom. The quantitative estimate of drug-likeness (QED) is 0.603. The average Bonchev–Trinajstić information content (AvgIpc) is 2.34. The predicted octanol–water partition coefficient (Wildman–Crippen LogP) is 2.32. The summed E-state index contributed by atoms with van der Waals surface area (Å²) in [5, 5.41) is 2.62. The molecule has 0 aromatic heterocycles. The van der Waals surface area contributed by atoms with Crippen LogP contribution in [0, 0.1) is 0 Å². The maximum Gasteiger partial charge on any atom is 0.219 e. The molecule has 1 rings (SSSR count). The number of hydrogen-bond acceptors (Lipinski definition) is 3. The van der Waals surface area contributed by atoms with Crippen molar-refractivity contribution in [3.63, 3.8) is 0 Å². The molecule has 4 heteroatoms. The number of hydrogen-bond donors (Lipinski definition) is 2. The summed E-state index contributed by atoms with van der Waals surface area (Å²) >= 11 is 1.77. The largest absolute Gasteiger partial charge is 0.359 e. The molecule has 0 bridgehead atoms. The molecule has 1 amide bonds. The summed E-state index contributed by atoms with van der Waals surface area (Å²) in [6.07, 6.45) is 1.50. The Labute approximate surface area is 107 Å². The molecule has 17 heavy (non-hydrogen) atoms. The molecule has 0 saturated heterocycles. The maximum absolute atomic E-state index is 11.0. The first-order valence-electron chi connectivity index (χ1n) is 5.82. The summed E-state index contributed by atoms with van der Waals surface area (Å²) < 4.78 is 0. The van der Waals surface area contributed by atoms with Gasteiger partial charge in [0.2, 0.25) is 5.91 Å². The van der Waals surface area contributed by atoms with E-state index in [1.807, 2.05) is 6.92 Å². The zero-order valence-corrected chi connectivity index (χ0v) is 11.2. The SMILES string of the molecule is CNC(=O)CCCSc1ccc(C(C)N)cc1. The molecule has 0 aliphatic carbocycles. The normalized spacial score (nSPS) is 12.2. The van der Waals surface area contributed by atoms with E-state index in [0.717, 1.165) is 17.7 Å². The van der Waals surface area contributed by atoms with Crippen molar-refractivity contribution in [1.82, 2.24) is 5.32 Å². The van der Waals surface area contributed by atoms with Crippen molar-refractivity contribution in [1.29, 1.82) is 0 Å². The molecule has 3 N–H and O–H groups in total. The Kier molecular flexibility index (Phi) is 6.08. The lowest BCUT2D eigenvalue weighted by Gasteiger charge is -2.06. The number of carbonyl (C=O) groups excluding carboxylic acids is 1. The highest BCUT2D eigenvalue weighted by Gasteiger charge is 2.01. The van der Waals surface area contributed by atoms with Crippen molar-refractivity contribution < 1.29 is 4.79 Å². The minimum atomic E-state index is 0.0855. The Balaban J connectivity index is 2.30. The first kappa shape index (κ1) is 14.1. The van der Waals surface area contributed by atoms with Gasteiger partial charge in [-0.05, 0) is 36.8 Å². The summed E-state index contributed by atoms with van der Waals surface area (Å²) in [5.41, 5.74) is 6.94. The number of nitrogens with two attached hydrogens (primary N) is 1. The topological polar surface area (TPSA) is 55.1 Å². The molecule has 94 valence electrons. The third-order valence-corrected chi connectivity index (χ3v) is 3.60. The molecule has 1 unspecified atom stereocenters. The molecule has 0 saturated carbocycles. The number of rotatable bonds is 6.